The lowest BCUT2D eigenvalue weighted by atomic mass is 9.82. The molecule has 2 aromatic rings. The van der Waals surface area contributed by atoms with Gasteiger partial charge in [-0.25, -0.2) is 4.98 Å². The molecule has 0 saturated heterocycles. The minimum Gasteiger partial charge on any atom is -0.481 e. The van der Waals surface area contributed by atoms with E-state index in [0.717, 1.165) is 42.5 Å². The predicted molar refractivity (Wildman–Crippen MR) is 82.4 cm³/mol. The lowest BCUT2D eigenvalue weighted by molar-refractivity contribution is -0.148. The first-order valence-corrected chi connectivity index (χ1v) is 7.73. The van der Waals surface area contributed by atoms with Gasteiger partial charge in [-0.2, -0.15) is 0 Å². The van der Waals surface area contributed by atoms with Crippen LogP contribution in [0.25, 0.3) is 11.0 Å². The topological polar surface area (TPSA) is 55.1 Å². The summed E-state index contributed by atoms with van der Waals surface area (Å²) in [5.41, 5.74) is 1.44. The molecule has 1 saturated carbocycles. The van der Waals surface area contributed by atoms with Crippen LogP contribution in [0.4, 0.5) is 0 Å². The number of carbonyl (C=O) groups is 1. The summed E-state index contributed by atoms with van der Waals surface area (Å²) >= 11 is 0. The highest BCUT2D eigenvalue weighted by Gasteiger charge is 2.42. The Hall–Kier alpha value is -1.84. The summed E-state index contributed by atoms with van der Waals surface area (Å²) in [6.07, 6.45) is 4.09. The third kappa shape index (κ3) is 2.33. The zero-order chi connectivity index (χ0) is 15.0. The normalized spacial score (nSPS) is 17.7. The fraction of sp³-hybridized carbons (Fsp3) is 0.529. The molecule has 3 rings (SSSR count). The Morgan fingerprint density at radius 1 is 1.33 bits per heavy atom. The largest absolute Gasteiger partial charge is 0.481 e. The number of aromatic nitrogens is 2. The molecule has 0 unspecified atom stereocenters. The second-order valence-corrected chi connectivity index (χ2v) is 6.45. The molecule has 1 fully saturated rings. The van der Waals surface area contributed by atoms with E-state index in [1.165, 1.54) is 0 Å². The fourth-order valence-corrected chi connectivity index (χ4v) is 3.62. The third-order valence-electron chi connectivity index (χ3n) is 4.70. The number of imidazole rings is 1. The molecule has 0 spiro atoms. The summed E-state index contributed by atoms with van der Waals surface area (Å²) in [6, 6.07) is 8.33. The Bertz CT molecular complexity index is 666. The van der Waals surface area contributed by atoms with Crippen molar-refractivity contribution in [1.29, 1.82) is 0 Å². The van der Waals surface area contributed by atoms with E-state index in [-0.39, 0.29) is 6.04 Å². The maximum Gasteiger partial charge on any atom is 0.310 e. The number of para-hydroxylation sites is 2. The van der Waals surface area contributed by atoms with Crippen molar-refractivity contribution < 1.29 is 9.90 Å². The third-order valence-corrected chi connectivity index (χ3v) is 4.70. The number of nitrogens with zero attached hydrogens (tertiary/aromatic N) is 2. The van der Waals surface area contributed by atoms with Crippen LogP contribution in [0.1, 0.15) is 51.4 Å². The minimum absolute atomic E-state index is 0.277. The second kappa shape index (κ2) is 5.17. The van der Waals surface area contributed by atoms with Crippen LogP contribution in [0, 0.1) is 5.41 Å². The molecular weight excluding hydrogens is 264 g/mol. The Labute approximate surface area is 124 Å². The summed E-state index contributed by atoms with van der Waals surface area (Å²) < 4.78 is 2.19. The van der Waals surface area contributed by atoms with Crippen molar-refractivity contribution in [2.24, 2.45) is 5.41 Å². The van der Waals surface area contributed by atoms with Crippen molar-refractivity contribution >= 4 is 17.0 Å². The van der Waals surface area contributed by atoms with Gasteiger partial charge < -0.3 is 9.67 Å². The number of hydrogen-bond donors (Lipinski definition) is 1. The van der Waals surface area contributed by atoms with Crippen molar-refractivity contribution in [2.75, 3.05) is 0 Å². The number of rotatable bonds is 4. The van der Waals surface area contributed by atoms with E-state index in [0.29, 0.717) is 6.42 Å². The molecule has 1 N–H and O–H groups in total. The predicted octanol–water partition coefficient (Wildman–Crippen LogP) is 3.80. The number of carboxylic acid groups (broad SMARTS) is 1. The van der Waals surface area contributed by atoms with Crippen LogP contribution in [0.3, 0.4) is 0 Å². The van der Waals surface area contributed by atoms with Gasteiger partial charge in [0.2, 0.25) is 0 Å². The minimum atomic E-state index is -0.664. The molecule has 0 atom stereocenters. The van der Waals surface area contributed by atoms with Crippen LogP contribution < -0.4 is 0 Å². The van der Waals surface area contributed by atoms with Gasteiger partial charge in [0.1, 0.15) is 5.82 Å². The second-order valence-electron chi connectivity index (χ2n) is 6.45. The van der Waals surface area contributed by atoms with Gasteiger partial charge in [-0.3, -0.25) is 4.79 Å². The molecule has 1 aliphatic rings. The van der Waals surface area contributed by atoms with E-state index in [1.54, 1.807) is 0 Å². The van der Waals surface area contributed by atoms with Crippen LogP contribution in [-0.2, 0) is 11.2 Å². The Morgan fingerprint density at radius 3 is 2.62 bits per heavy atom. The number of carboxylic acids is 1. The van der Waals surface area contributed by atoms with Crippen LogP contribution in [0.5, 0.6) is 0 Å². The summed E-state index contributed by atoms with van der Waals surface area (Å²) in [5, 5.41) is 9.69. The number of hydrogen-bond acceptors (Lipinski definition) is 2. The molecule has 0 amide bonds. The van der Waals surface area contributed by atoms with E-state index in [2.05, 4.69) is 24.5 Å². The first-order chi connectivity index (χ1) is 10.0. The highest BCUT2D eigenvalue weighted by molar-refractivity contribution is 5.78. The average molecular weight is 286 g/mol. The van der Waals surface area contributed by atoms with Gasteiger partial charge >= 0.3 is 5.97 Å². The SMILES string of the molecule is CC(C)n1c(CC2(C(=O)O)CCCC2)nc2ccccc21. The number of aliphatic carboxylic acids is 1. The molecule has 1 aromatic heterocycles. The molecular formula is C17H22N2O2. The maximum absolute atomic E-state index is 11.8. The Kier molecular flexibility index (Phi) is 3.47. The van der Waals surface area contributed by atoms with Crippen LogP contribution >= 0.6 is 0 Å². The first kappa shape index (κ1) is 14.1. The lowest BCUT2D eigenvalue weighted by Crippen LogP contribution is -2.31. The van der Waals surface area contributed by atoms with E-state index in [4.69, 9.17) is 4.98 Å². The lowest BCUT2D eigenvalue weighted by Gasteiger charge is -2.24. The van der Waals surface area contributed by atoms with E-state index in [1.807, 2.05) is 18.2 Å². The number of benzene rings is 1. The molecule has 21 heavy (non-hydrogen) atoms. The van der Waals surface area contributed by atoms with E-state index < -0.39 is 11.4 Å². The van der Waals surface area contributed by atoms with Crippen LogP contribution in [-0.4, -0.2) is 20.6 Å². The van der Waals surface area contributed by atoms with Crippen molar-refractivity contribution in [3.8, 4) is 0 Å². The maximum atomic E-state index is 11.8. The molecule has 1 aliphatic carbocycles. The van der Waals surface area contributed by atoms with Crippen molar-refractivity contribution in [1.82, 2.24) is 9.55 Å². The highest BCUT2D eigenvalue weighted by atomic mass is 16.4. The molecule has 4 nitrogen and oxygen atoms in total. The number of fused-ring (bicyclic) bond motifs is 1. The smallest absolute Gasteiger partial charge is 0.310 e. The zero-order valence-electron chi connectivity index (χ0n) is 12.7. The van der Waals surface area contributed by atoms with Gasteiger partial charge in [-0.15, -0.1) is 0 Å². The van der Waals surface area contributed by atoms with E-state index >= 15 is 0 Å². The standard InChI is InChI=1S/C17H22N2O2/c1-12(2)19-14-8-4-3-7-13(14)18-15(19)11-17(16(20)21)9-5-6-10-17/h3-4,7-8,12H,5-6,9-11H2,1-2H3,(H,20,21). The van der Waals surface area contributed by atoms with Gasteiger partial charge in [0.05, 0.1) is 16.4 Å². The van der Waals surface area contributed by atoms with Gasteiger partial charge in [0.25, 0.3) is 0 Å². The van der Waals surface area contributed by atoms with Gasteiger partial charge in [-0.1, -0.05) is 25.0 Å². The summed E-state index contributed by atoms with van der Waals surface area (Å²) in [6.45, 7) is 4.25. The molecule has 4 heteroatoms. The average Bonchev–Trinajstić information content (AvgIpc) is 3.03. The van der Waals surface area contributed by atoms with Crippen LogP contribution in [0.2, 0.25) is 0 Å². The summed E-state index contributed by atoms with van der Waals surface area (Å²) in [5.74, 6) is 0.248. The first-order valence-electron chi connectivity index (χ1n) is 7.73. The van der Waals surface area contributed by atoms with Crippen molar-refractivity contribution in [2.45, 2.75) is 52.0 Å². The van der Waals surface area contributed by atoms with Gasteiger partial charge in [0.15, 0.2) is 0 Å². The Morgan fingerprint density at radius 2 is 2.00 bits per heavy atom. The molecule has 1 aromatic carbocycles. The Balaban J connectivity index is 2.07. The summed E-state index contributed by atoms with van der Waals surface area (Å²) in [7, 11) is 0. The molecule has 0 radical (unpaired) electrons. The molecule has 0 aliphatic heterocycles. The monoisotopic (exact) mass is 286 g/mol. The summed E-state index contributed by atoms with van der Waals surface area (Å²) in [4.78, 5) is 16.5. The van der Waals surface area contributed by atoms with Crippen LogP contribution in [0.15, 0.2) is 24.3 Å². The molecule has 112 valence electrons. The molecule has 1 heterocycles. The van der Waals surface area contributed by atoms with Gasteiger partial charge in [-0.05, 0) is 38.8 Å². The van der Waals surface area contributed by atoms with E-state index in [9.17, 15) is 9.90 Å². The zero-order valence-corrected chi connectivity index (χ0v) is 12.7. The quantitative estimate of drug-likeness (QED) is 0.930. The fourth-order valence-electron chi connectivity index (χ4n) is 3.62. The van der Waals surface area contributed by atoms with Crippen molar-refractivity contribution in [3.05, 3.63) is 30.1 Å². The molecule has 0 bridgehead atoms. The van der Waals surface area contributed by atoms with Crippen molar-refractivity contribution in [3.63, 3.8) is 0 Å². The highest BCUT2D eigenvalue weighted by Crippen LogP contribution is 2.41. The van der Waals surface area contributed by atoms with Gasteiger partial charge in [0, 0.05) is 12.5 Å².